The molecule has 2 nitrogen and oxygen atoms in total. The average Bonchev–Trinajstić information content (AvgIpc) is 2.55. The first-order valence-electron chi connectivity index (χ1n) is 3.67. The molecule has 0 saturated carbocycles. The molecule has 0 unspecified atom stereocenters. The van der Waals surface area contributed by atoms with E-state index in [4.69, 9.17) is 0 Å². The Morgan fingerprint density at radius 2 is 2.55 bits per heavy atom. The number of hydrogen-bond donors (Lipinski definition) is 0. The molecule has 0 amide bonds. The third kappa shape index (κ3) is 1.20. The summed E-state index contributed by atoms with van der Waals surface area (Å²) in [6.07, 6.45) is 2.05. The second-order valence-corrected chi connectivity index (χ2v) is 3.62. The Bertz CT molecular complexity index is 288. The van der Waals surface area contributed by atoms with Crippen molar-refractivity contribution < 1.29 is 0 Å². The van der Waals surface area contributed by atoms with Crippen molar-refractivity contribution in [2.24, 2.45) is 12.0 Å². The first-order valence-corrected chi connectivity index (χ1v) is 4.65. The smallest absolute Gasteiger partial charge is 0.114 e. The minimum Gasteiger partial charge on any atom is -0.349 e. The summed E-state index contributed by atoms with van der Waals surface area (Å²) in [7, 11) is 2.05. The second-order valence-electron chi connectivity index (χ2n) is 2.54. The van der Waals surface area contributed by atoms with Crippen molar-refractivity contribution in [3.05, 3.63) is 24.0 Å². The summed E-state index contributed by atoms with van der Waals surface area (Å²) in [4.78, 5) is 4.40. The van der Waals surface area contributed by atoms with Crippen molar-refractivity contribution in [3.8, 4) is 0 Å². The molecule has 0 atom stereocenters. The maximum Gasteiger partial charge on any atom is 0.114 e. The summed E-state index contributed by atoms with van der Waals surface area (Å²) >= 11 is 1.84. The van der Waals surface area contributed by atoms with Crippen LogP contribution in [-0.4, -0.2) is 21.9 Å². The average molecular weight is 166 g/mol. The third-order valence-electron chi connectivity index (χ3n) is 1.75. The fourth-order valence-electron chi connectivity index (χ4n) is 1.17. The Hall–Kier alpha value is -0.700. The van der Waals surface area contributed by atoms with E-state index in [9.17, 15) is 0 Å². The zero-order chi connectivity index (χ0) is 7.68. The van der Waals surface area contributed by atoms with Gasteiger partial charge in [-0.25, -0.2) is 0 Å². The summed E-state index contributed by atoms with van der Waals surface area (Å²) in [5.41, 5.74) is 1.24. The molecule has 58 valence electrons. The summed E-state index contributed by atoms with van der Waals surface area (Å²) < 4.78 is 2.11. The quantitative estimate of drug-likeness (QED) is 0.618. The van der Waals surface area contributed by atoms with Crippen LogP contribution >= 0.6 is 11.8 Å². The van der Waals surface area contributed by atoms with Gasteiger partial charge in [0.05, 0.1) is 5.69 Å². The van der Waals surface area contributed by atoms with Gasteiger partial charge in [-0.2, -0.15) is 0 Å². The Balaban J connectivity index is 2.35. The highest BCUT2D eigenvalue weighted by Crippen LogP contribution is 2.18. The van der Waals surface area contributed by atoms with Crippen LogP contribution in [0.4, 0.5) is 0 Å². The normalized spacial score (nSPS) is 17.0. The molecule has 0 radical (unpaired) electrons. The van der Waals surface area contributed by atoms with Gasteiger partial charge in [0.25, 0.3) is 0 Å². The maximum absolute atomic E-state index is 4.40. The van der Waals surface area contributed by atoms with Crippen LogP contribution in [0.2, 0.25) is 0 Å². The minimum absolute atomic E-state index is 0.977. The van der Waals surface area contributed by atoms with Gasteiger partial charge >= 0.3 is 0 Å². The molecule has 1 aliphatic heterocycles. The van der Waals surface area contributed by atoms with Crippen LogP contribution in [0.25, 0.3) is 0 Å². The minimum atomic E-state index is 0.977. The first-order chi connectivity index (χ1) is 5.38. The number of aryl methyl sites for hydroxylation is 1. The molecule has 1 aromatic rings. The Labute approximate surface area is 70.3 Å². The highest BCUT2D eigenvalue weighted by atomic mass is 32.2. The van der Waals surface area contributed by atoms with E-state index in [2.05, 4.69) is 34.9 Å². The topological polar surface area (TPSA) is 17.3 Å². The van der Waals surface area contributed by atoms with Crippen LogP contribution in [0.15, 0.2) is 23.3 Å². The van der Waals surface area contributed by atoms with Gasteiger partial charge in [0, 0.05) is 25.5 Å². The maximum atomic E-state index is 4.40. The van der Waals surface area contributed by atoms with Crippen LogP contribution in [0.1, 0.15) is 5.69 Å². The molecule has 11 heavy (non-hydrogen) atoms. The fourth-order valence-corrected chi connectivity index (χ4v) is 2.09. The largest absolute Gasteiger partial charge is 0.349 e. The van der Waals surface area contributed by atoms with Crippen molar-refractivity contribution in [2.45, 2.75) is 0 Å². The van der Waals surface area contributed by atoms with Gasteiger partial charge in [0.2, 0.25) is 0 Å². The standard InChI is InChI=1S/C8H10N2S/c1-10-5-2-3-7(10)8-9-4-6-11-8/h2-3,5H,4,6H2,1H3. The van der Waals surface area contributed by atoms with Crippen molar-refractivity contribution in [3.63, 3.8) is 0 Å². The van der Waals surface area contributed by atoms with Crippen molar-refractivity contribution >= 4 is 16.8 Å². The van der Waals surface area contributed by atoms with E-state index in [1.807, 2.05) is 11.8 Å². The Morgan fingerprint density at radius 1 is 1.64 bits per heavy atom. The monoisotopic (exact) mass is 166 g/mol. The third-order valence-corrected chi connectivity index (χ3v) is 2.75. The van der Waals surface area contributed by atoms with Crippen molar-refractivity contribution in [1.82, 2.24) is 4.57 Å². The van der Waals surface area contributed by atoms with E-state index in [-0.39, 0.29) is 0 Å². The lowest BCUT2D eigenvalue weighted by Gasteiger charge is -1.99. The number of thioether (sulfide) groups is 1. The van der Waals surface area contributed by atoms with Gasteiger partial charge < -0.3 is 4.57 Å². The van der Waals surface area contributed by atoms with Gasteiger partial charge in [-0.3, -0.25) is 4.99 Å². The van der Waals surface area contributed by atoms with Crippen LogP contribution in [0.3, 0.4) is 0 Å². The fraction of sp³-hybridized carbons (Fsp3) is 0.375. The summed E-state index contributed by atoms with van der Waals surface area (Å²) in [6.45, 7) is 0.977. The van der Waals surface area contributed by atoms with Gasteiger partial charge in [-0.15, -0.1) is 11.8 Å². The number of aliphatic imine (C=N–C) groups is 1. The molecule has 0 N–H and O–H groups in total. The predicted molar refractivity (Wildman–Crippen MR) is 49.3 cm³/mol. The molecule has 1 aromatic heterocycles. The van der Waals surface area contributed by atoms with Gasteiger partial charge in [-0.05, 0) is 12.1 Å². The molecule has 0 spiro atoms. The number of aromatic nitrogens is 1. The molecule has 0 aromatic carbocycles. The van der Waals surface area contributed by atoms with Gasteiger partial charge in [0.1, 0.15) is 5.04 Å². The van der Waals surface area contributed by atoms with E-state index >= 15 is 0 Å². The van der Waals surface area contributed by atoms with Crippen LogP contribution in [0.5, 0.6) is 0 Å². The summed E-state index contributed by atoms with van der Waals surface area (Å²) in [6, 6.07) is 4.16. The molecule has 1 aliphatic rings. The van der Waals surface area contributed by atoms with Crippen LogP contribution < -0.4 is 0 Å². The van der Waals surface area contributed by atoms with E-state index in [1.54, 1.807) is 0 Å². The van der Waals surface area contributed by atoms with E-state index in [1.165, 1.54) is 10.7 Å². The number of nitrogens with zero attached hydrogens (tertiary/aromatic N) is 2. The Morgan fingerprint density at radius 3 is 3.09 bits per heavy atom. The SMILES string of the molecule is Cn1cccc1C1=NCCS1. The lowest BCUT2D eigenvalue weighted by molar-refractivity contribution is 0.916. The number of rotatable bonds is 1. The highest BCUT2D eigenvalue weighted by Gasteiger charge is 2.10. The number of hydrogen-bond acceptors (Lipinski definition) is 2. The van der Waals surface area contributed by atoms with E-state index in [0.717, 1.165) is 12.3 Å². The van der Waals surface area contributed by atoms with Crippen LogP contribution in [0, 0.1) is 0 Å². The molecule has 0 saturated heterocycles. The lowest BCUT2D eigenvalue weighted by Crippen LogP contribution is -1.99. The van der Waals surface area contributed by atoms with E-state index in [0.29, 0.717) is 0 Å². The zero-order valence-corrected chi connectivity index (χ0v) is 7.27. The molecule has 3 heteroatoms. The van der Waals surface area contributed by atoms with E-state index < -0.39 is 0 Å². The predicted octanol–water partition coefficient (Wildman–Crippen LogP) is 1.52. The summed E-state index contributed by atoms with van der Waals surface area (Å²) in [5.74, 6) is 1.14. The second kappa shape index (κ2) is 2.74. The summed E-state index contributed by atoms with van der Waals surface area (Å²) in [5, 5.41) is 1.19. The van der Waals surface area contributed by atoms with Crippen molar-refractivity contribution in [1.29, 1.82) is 0 Å². The molecular formula is C8H10N2S. The molecule has 2 rings (SSSR count). The van der Waals surface area contributed by atoms with Gasteiger partial charge in [-0.1, -0.05) is 0 Å². The highest BCUT2D eigenvalue weighted by molar-refractivity contribution is 8.14. The van der Waals surface area contributed by atoms with Gasteiger partial charge in [0.15, 0.2) is 0 Å². The zero-order valence-electron chi connectivity index (χ0n) is 6.45. The molecular weight excluding hydrogens is 156 g/mol. The molecule has 2 heterocycles. The molecule has 0 aliphatic carbocycles. The molecule has 0 fully saturated rings. The Kier molecular flexibility index (Phi) is 1.74. The lowest BCUT2D eigenvalue weighted by atomic mass is 10.4. The van der Waals surface area contributed by atoms with Crippen molar-refractivity contribution in [2.75, 3.05) is 12.3 Å². The first kappa shape index (κ1) is 6.98. The molecule has 0 bridgehead atoms. The van der Waals surface area contributed by atoms with Crippen LogP contribution in [-0.2, 0) is 7.05 Å².